The highest BCUT2D eigenvalue weighted by Gasteiger charge is 2.51. The molecule has 8 rings (SSSR count). The number of aromatic hydroxyl groups is 1. The highest BCUT2D eigenvalue weighted by atomic mass is 16.7. The van der Waals surface area contributed by atoms with Crippen molar-refractivity contribution in [2.24, 2.45) is 23.7 Å². The maximum absolute atomic E-state index is 13.0. The van der Waals surface area contributed by atoms with E-state index in [1.54, 1.807) is 18.2 Å². The van der Waals surface area contributed by atoms with Gasteiger partial charge in [0.25, 0.3) is 0 Å². The van der Waals surface area contributed by atoms with E-state index in [0.717, 1.165) is 59.3 Å². The van der Waals surface area contributed by atoms with Crippen molar-refractivity contribution in [3.8, 4) is 5.75 Å². The number of carbonyl (C=O) groups is 1. The van der Waals surface area contributed by atoms with E-state index in [-0.39, 0.29) is 42.1 Å². The van der Waals surface area contributed by atoms with Crippen LogP contribution in [-0.4, -0.2) is 58.0 Å². The summed E-state index contributed by atoms with van der Waals surface area (Å²) in [6, 6.07) is 22.5. The first kappa shape index (κ1) is 34.0. The van der Waals surface area contributed by atoms with Crippen molar-refractivity contribution in [1.29, 1.82) is 0 Å². The molecule has 3 aromatic rings. The zero-order valence-electron chi connectivity index (χ0n) is 28.6. The summed E-state index contributed by atoms with van der Waals surface area (Å²) in [7, 11) is 1.96. The highest BCUT2D eigenvalue weighted by Crippen LogP contribution is 2.55. The van der Waals surface area contributed by atoms with Gasteiger partial charge in [-0.1, -0.05) is 67.6 Å². The third-order valence-corrected chi connectivity index (χ3v) is 11.5. The number of phenolic OH excluding ortho intramolecular Hbond substituents is 1. The van der Waals surface area contributed by atoms with E-state index < -0.39 is 12.4 Å². The Morgan fingerprint density at radius 3 is 2.18 bits per heavy atom. The molecule has 262 valence electrons. The Bertz CT molecular complexity index is 1540. The summed E-state index contributed by atoms with van der Waals surface area (Å²) in [5.74, 6) is 2.46. The van der Waals surface area contributed by atoms with E-state index in [4.69, 9.17) is 9.47 Å². The lowest BCUT2D eigenvalue weighted by atomic mass is 9.53. The predicted octanol–water partition coefficient (Wildman–Crippen LogP) is 6.11. The Balaban J connectivity index is 1.00. The van der Waals surface area contributed by atoms with E-state index in [1.807, 2.05) is 66.5 Å². The summed E-state index contributed by atoms with van der Waals surface area (Å²) in [4.78, 5) is 15.1. The number of nitrogens with zero attached hydrogens (tertiary/aromatic N) is 1. The van der Waals surface area contributed by atoms with Crippen LogP contribution < -0.4 is 10.6 Å². The largest absolute Gasteiger partial charge is 0.508 e. The Kier molecular flexibility index (Phi) is 10.00. The summed E-state index contributed by atoms with van der Waals surface area (Å²) >= 11 is 0. The number of amides is 2. The van der Waals surface area contributed by atoms with Gasteiger partial charge < -0.3 is 40.3 Å². The SMILES string of the molecule is C[C@@H]1[C@H](CN(C)C[C@@H](O)c2cccc(O)c2)O[C@H](c2ccc(CNC(=O)NC34CC5CC(CC(C5)C3)C4)cc2)O[C@@H]1c1ccc(CO)cc1. The number of carbonyl (C=O) groups excluding carboxylic acids is 1. The molecule has 1 aliphatic heterocycles. The van der Waals surface area contributed by atoms with Gasteiger partial charge in [-0.3, -0.25) is 0 Å². The maximum Gasteiger partial charge on any atom is 0.315 e. The van der Waals surface area contributed by atoms with E-state index in [0.29, 0.717) is 25.2 Å². The Morgan fingerprint density at radius 2 is 1.55 bits per heavy atom. The quantitative estimate of drug-likeness (QED) is 0.167. The normalized spacial score (nSPS) is 31.1. The number of hydrogen-bond acceptors (Lipinski definition) is 7. The van der Waals surface area contributed by atoms with Crippen LogP contribution in [0.2, 0.25) is 0 Å². The van der Waals surface area contributed by atoms with Crippen LogP contribution in [0.5, 0.6) is 5.75 Å². The number of nitrogens with one attached hydrogen (secondary N) is 2. The molecule has 0 spiro atoms. The number of benzene rings is 3. The van der Waals surface area contributed by atoms with Gasteiger partial charge in [0.15, 0.2) is 6.29 Å². The summed E-state index contributed by atoms with van der Waals surface area (Å²) in [6.45, 7) is 3.47. The zero-order chi connectivity index (χ0) is 34.1. The molecule has 9 heteroatoms. The van der Waals surface area contributed by atoms with Crippen molar-refractivity contribution in [3.05, 3.63) is 101 Å². The molecular weight excluding hydrogens is 618 g/mol. The van der Waals surface area contributed by atoms with Crippen LogP contribution in [0, 0.1) is 23.7 Å². The van der Waals surface area contributed by atoms with Gasteiger partial charge in [-0.05, 0) is 97.7 Å². The first-order valence-electron chi connectivity index (χ1n) is 18.0. The molecule has 5 atom stereocenters. The third kappa shape index (κ3) is 7.81. The zero-order valence-corrected chi connectivity index (χ0v) is 28.6. The average Bonchev–Trinajstić information content (AvgIpc) is 3.08. The van der Waals surface area contributed by atoms with Crippen molar-refractivity contribution >= 4 is 6.03 Å². The fourth-order valence-electron chi connectivity index (χ4n) is 9.37. The summed E-state index contributed by atoms with van der Waals surface area (Å²) < 4.78 is 13.3. The van der Waals surface area contributed by atoms with Gasteiger partial charge in [0, 0.05) is 36.7 Å². The molecular formula is C40H51N3O6. The van der Waals surface area contributed by atoms with Crippen molar-refractivity contribution in [3.63, 3.8) is 0 Å². The molecule has 1 saturated heterocycles. The number of aliphatic hydroxyl groups is 2. The first-order valence-corrected chi connectivity index (χ1v) is 18.0. The van der Waals surface area contributed by atoms with Gasteiger partial charge in [0.1, 0.15) is 5.75 Å². The van der Waals surface area contributed by atoms with Gasteiger partial charge >= 0.3 is 6.03 Å². The Morgan fingerprint density at radius 1 is 0.918 bits per heavy atom. The fourth-order valence-corrected chi connectivity index (χ4v) is 9.37. The van der Waals surface area contributed by atoms with E-state index in [2.05, 4.69) is 17.6 Å². The van der Waals surface area contributed by atoms with E-state index in [9.17, 15) is 20.1 Å². The molecule has 0 aromatic heterocycles. The highest BCUT2D eigenvalue weighted by molar-refractivity contribution is 5.75. The van der Waals surface area contributed by atoms with Gasteiger partial charge in [0.05, 0.1) is 24.9 Å². The second kappa shape index (κ2) is 14.4. The summed E-state index contributed by atoms with van der Waals surface area (Å²) in [5.41, 5.74) is 4.38. The number of hydrogen-bond donors (Lipinski definition) is 5. The Hall–Kier alpha value is -3.47. The van der Waals surface area contributed by atoms with Crippen molar-refractivity contribution in [1.82, 2.24) is 15.5 Å². The van der Waals surface area contributed by atoms with Crippen LogP contribution in [0.25, 0.3) is 0 Å². The predicted molar refractivity (Wildman–Crippen MR) is 186 cm³/mol. The van der Waals surface area contributed by atoms with Crippen LogP contribution >= 0.6 is 0 Å². The maximum atomic E-state index is 13.0. The second-order valence-corrected chi connectivity index (χ2v) is 15.4. The topological polar surface area (TPSA) is 124 Å². The number of aliphatic hydroxyl groups excluding tert-OH is 2. The number of rotatable bonds is 11. The smallest absolute Gasteiger partial charge is 0.315 e. The summed E-state index contributed by atoms with van der Waals surface area (Å²) in [6.07, 6.45) is 5.58. The van der Waals surface area contributed by atoms with Crippen LogP contribution in [0.1, 0.15) is 91.8 Å². The lowest BCUT2D eigenvalue weighted by Crippen LogP contribution is -2.61. The van der Waals surface area contributed by atoms with Crippen molar-refractivity contribution in [2.75, 3.05) is 20.1 Å². The van der Waals surface area contributed by atoms with Crippen molar-refractivity contribution in [2.45, 2.75) is 88.7 Å². The molecule has 5 fully saturated rings. The Labute approximate surface area is 289 Å². The molecule has 4 aliphatic carbocycles. The lowest BCUT2D eigenvalue weighted by molar-refractivity contribution is -0.276. The fraction of sp³-hybridized carbons (Fsp3) is 0.525. The van der Waals surface area contributed by atoms with Crippen LogP contribution in [0.15, 0.2) is 72.8 Å². The monoisotopic (exact) mass is 669 g/mol. The minimum absolute atomic E-state index is 0.00690. The van der Waals surface area contributed by atoms with Gasteiger partial charge in [-0.2, -0.15) is 0 Å². The summed E-state index contributed by atoms with van der Waals surface area (Å²) in [5, 5.41) is 36.9. The van der Waals surface area contributed by atoms with E-state index in [1.165, 1.54) is 19.3 Å². The standard InChI is InChI=1S/C40H51N3O6/c1-25-36(23-43(2)22-35(46)33-4-3-5-34(45)17-33)48-38(49-37(25)31-10-8-27(24-44)9-11-31)32-12-6-26(7-13-32)21-41-39(47)42-40-18-28-14-29(19-40)16-30(15-28)20-40/h3-13,17,25,28-30,35-38,44-46H,14-16,18-24H2,1-2H3,(H2,41,42,47)/t25-,28?,29?,30?,35-,36+,37+,38+,40?/m1/s1. The molecule has 4 saturated carbocycles. The number of ether oxygens (including phenoxy) is 2. The number of likely N-dealkylation sites (N-methyl/N-ethyl adjacent to an activating group) is 1. The number of phenols is 1. The molecule has 4 bridgehead atoms. The molecule has 1 heterocycles. The molecule has 5 aliphatic rings. The van der Waals surface area contributed by atoms with Gasteiger partial charge in [-0.25, -0.2) is 4.79 Å². The van der Waals surface area contributed by atoms with Crippen LogP contribution in [0.4, 0.5) is 4.79 Å². The molecule has 49 heavy (non-hydrogen) atoms. The third-order valence-electron chi connectivity index (χ3n) is 11.5. The first-order chi connectivity index (χ1) is 23.6. The minimum Gasteiger partial charge on any atom is -0.508 e. The molecule has 2 amide bonds. The van der Waals surface area contributed by atoms with Crippen LogP contribution in [0.3, 0.4) is 0 Å². The van der Waals surface area contributed by atoms with Gasteiger partial charge in [-0.15, -0.1) is 0 Å². The molecule has 9 nitrogen and oxygen atoms in total. The average molecular weight is 670 g/mol. The number of urea groups is 1. The van der Waals surface area contributed by atoms with Crippen LogP contribution in [-0.2, 0) is 22.6 Å². The van der Waals surface area contributed by atoms with Crippen molar-refractivity contribution < 1.29 is 29.6 Å². The van der Waals surface area contributed by atoms with Gasteiger partial charge in [0.2, 0.25) is 0 Å². The molecule has 3 aromatic carbocycles. The molecule has 0 radical (unpaired) electrons. The molecule has 5 N–H and O–H groups in total. The lowest BCUT2D eigenvalue weighted by Gasteiger charge is -2.56. The minimum atomic E-state index is -0.763. The molecule has 0 unspecified atom stereocenters. The second-order valence-electron chi connectivity index (χ2n) is 15.4. The van der Waals surface area contributed by atoms with E-state index >= 15 is 0 Å².